The van der Waals surface area contributed by atoms with Gasteiger partial charge in [-0.2, -0.15) is 0 Å². The standard InChI is InChI=1S/C36H39ClFN3O4S/c1-4-5-21-39-36(43)34(22-28-11-7-6-8-12-28)40(24-29-13-9-10-14-33(29)38)35(42)25-41(30-18-17-27(3)32(37)23-30)46(44,45)31-19-15-26(2)16-20-31/h6-20,23,34H,4-5,21-22,24-25H2,1-3H3,(H,39,43). The van der Waals surface area contributed by atoms with Gasteiger partial charge in [0, 0.05) is 30.1 Å². The maximum Gasteiger partial charge on any atom is 0.264 e. The van der Waals surface area contributed by atoms with Crippen LogP contribution in [0.25, 0.3) is 0 Å². The fraction of sp³-hybridized carbons (Fsp3) is 0.278. The van der Waals surface area contributed by atoms with Crippen molar-refractivity contribution in [3.8, 4) is 0 Å². The summed E-state index contributed by atoms with van der Waals surface area (Å²) in [4.78, 5) is 29.5. The van der Waals surface area contributed by atoms with Gasteiger partial charge in [0.2, 0.25) is 11.8 Å². The molecule has 7 nitrogen and oxygen atoms in total. The fourth-order valence-corrected chi connectivity index (χ4v) is 6.55. The van der Waals surface area contributed by atoms with Crippen LogP contribution in [0.2, 0.25) is 5.02 Å². The topological polar surface area (TPSA) is 86.8 Å². The van der Waals surface area contributed by atoms with Crippen molar-refractivity contribution in [2.24, 2.45) is 0 Å². The predicted octanol–water partition coefficient (Wildman–Crippen LogP) is 6.85. The van der Waals surface area contributed by atoms with E-state index in [9.17, 15) is 18.0 Å². The molecule has 4 aromatic rings. The molecule has 0 spiro atoms. The summed E-state index contributed by atoms with van der Waals surface area (Å²) in [6, 6.07) is 25.3. The molecule has 2 amide bonds. The summed E-state index contributed by atoms with van der Waals surface area (Å²) in [5.41, 5.74) is 2.77. The van der Waals surface area contributed by atoms with Crippen LogP contribution in [0.15, 0.2) is 102 Å². The molecule has 0 heterocycles. The highest BCUT2D eigenvalue weighted by Gasteiger charge is 2.35. The van der Waals surface area contributed by atoms with Crippen LogP contribution in [0.5, 0.6) is 0 Å². The minimum Gasteiger partial charge on any atom is -0.354 e. The number of sulfonamides is 1. The zero-order valence-electron chi connectivity index (χ0n) is 26.2. The van der Waals surface area contributed by atoms with Crippen LogP contribution >= 0.6 is 11.6 Å². The molecule has 4 aromatic carbocycles. The van der Waals surface area contributed by atoms with E-state index in [1.807, 2.05) is 44.2 Å². The minimum absolute atomic E-state index is 0.0126. The molecule has 0 saturated carbocycles. The number of aryl methyl sites for hydroxylation is 2. The summed E-state index contributed by atoms with van der Waals surface area (Å²) >= 11 is 6.43. The smallest absolute Gasteiger partial charge is 0.264 e. The second-order valence-corrected chi connectivity index (χ2v) is 13.5. The number of amides is 2. The molecule has 0 aliphatic heterocycles. The molecule has 10 heteroatoms. The van der Waals surface area contributed by atoms with Gasteiger partial charge in [-0.05, 0) is 61.7 Å². The van der Waals surface area contributed by atoms with Gasteiger partial charge in [-0.3, -0.25) is 13.9 Å². The maximum atomic E-state index is 15.0. The Morgan fingerprint density at radius 3 is 2.24 bits per heavy atom. The SMILES string of the molecule is CCCCNC(=O)C(Cc1ccccc1)N(Cc1ccccc1F)C(=O)CN(c1ccc(C)c(Cl)c1)S(=O)(=O)c1ccc(C)cc1. The van der Waals surface area contributed by atoms with Gasteiger partial charge in [-0.15, -0.1) is 0 Å². The number of unbranched alkanes of at least 4 members (excludes halogenated alkanes) is 1. The summed E-state index contributed by atoms with van der Waals surface area (Å²) in [5.74, 6) is -1.63. The number of nitrogens with zero attached hydrogens (tertiary/aromatic N) is 2. The van der Waals surface area contributed by atoms with Crippen molar-refractivity contribution in [1.82, 2.24) is 10.2 Å². The molecular weight excluding hydrogens is 625 g/mol. The monoisotopic (exact) mass is 663 g/mol. The number of benzene rings is 4. The average Bonchev–Trinajstić information content (AvgIpc) is 3.04. The van der Waals surface area contributed by atoms with Crippen LogP contribution in [0.1, 0.15) is 42.0 Å². The number of rotatable bonds is 14. The zero-order chi connectivity index (χ0) is 33.3. The minimum atomic E-state index is -4.28. The van der Waals surface area contributed by atoms with E-state index < -0.39 is 40.2 Å². The first kappa shape index (κ1) is 34.7. The molecule has 0 aliphatic rings. The van der Waals surface area contributed by atoms with E-state index in [0.717, 1.165) is 33.8 Å². The van der Waals surface area contributed by atoms with Gasteiger partial charge in [0.15, 0.2) is 0 Å². The lowest BCUT2D eigenvalue weighted by Crippen LogP contribution is -2.53. The van der Waals surface area contributed by atoms with Crippen molar-refractivity contribution in [2.45, 2.75) is 57.5 Å². The maximum absolute atomic E-state index is 15.0. The Morgan fingerprint density at radius 1 is 0.913 bits per heavy atom. The normalized spacial score (nSPS) is 11.9. The molecule has 0 radical (unpaired) electrons. The summed E-state index contributed by atoms with van der Waals surface area (Å²) in [7, 11) is -4.28. The van der Waals surface area contributed by atoms with Gasteiger partial charge in [0.1, 0.15) is 18.4 Å². The molecule has 242 valence electrons. The van der Waals surface area contributed by atoms with Crippen molar-refractivity contribution in [3.63, 3.8) is 0 Å². The van der Waals surface area contributed by atoms with E-state index in [2.05, 4.69) is 5.32 Å². The van der Waals surface area contributed by atoms with Crippen LogP contribution < -0.4 is 9.62 Å². The van der Waals surface area contributed by atoms with Crippen molar-refractivity contribution in [1.29, 1.82) is 0 Å². The number of hydrogen-bond donors (Lipinski definition) is 1. The molecule has 0 aliphatic carbocycles. The molecule has 0 aromatic heterocycles. The highest BCUT2D eigenvalue weighted by Crippen LogP contribution is 2.29. The molecule has 1 N–H and O–H groups in total. The van der Waals surface area contributed by atoms with Crippen LogP contribution in [0.4, 0.5) is 10.1 Å². The van der Waals surface area contributed by atoms with E-state index >= 15 is 4.39 Å². The van der Waals surface area contributed by atoms with Crippen molar-refractivity contribution in [2.75, 3.05) is 17.4 Å². The molecule has 0 fully saturated rings. The summed E-state index contributed by atoms with van der Waals surface area (Å²) in [5, 5.41) is 3.25. The quantitative estimate of drug-likeness (QED) is 0.150. The van der Waals surface area contributed by atoms with Crippen LogP contribution in [0, 0.1) is 19.7 Å². The number of anilines is 1. The average molecular weight is 664 g/mol. The summed E-state index contributed by atoms with van der Waals surface area (Å²) in [6.45, 7) is 5.13. The van der Waals surface area contributed by atoms with Crippen molar-refractivity contribution >= 4 is 39.1 Å². The molecule has 1 unspecified atom stereocenters. The van der Waals surface area contributed by atoms with E-state index in [-0.39, 0.29) is 29.1 Å². The van der Waals surface area contributed by atoms with Crippen molar-refractivity contribution in [3.05, 3.63) is 130 Å². The lowest BCUT2D eigenvalue weighted by atomic mass is 10.0. The highest BCUT2D eigenvalue weighted by atomic mass is 35.5. The number of carbonyl (C=O) groups is 2. The Labute approximate surface area is 276 Å². The largest absolute Gasteiger partial charge is 0.354 e. The molecular formula is C36H39ClFN3O4S. The van der Waals surface area contributed by atoms with Crippen LogP contribution in [0.3, 0.4) is 0 Å². The molecule has 0 bridgehead atoms. The van der Waals surface area contributed by atoms with Gasteiger partial charge in [0.05, 0.1) is 10.6 Å². The number of carbonyl (C=O) groups excluding carboxylic acids is 2. The van der Waals surface area contributed by atoms with E-state index in [1.54, 1.807) is 49.4 Å². The first-order valence-electron chi connectivity index (χ1n) is 15.2. The summed E-state index contributed by atoms with van der Waals surface area (Å²) < 4.78 is 44.3. The van der Waals surface area contributed by atoms with Crippen LogP contribution in [-0.2, 0) is 32.6 Å². The van der Waals surface area contributed by atoms with E-state index in [1.165, 1.54) is 29.2 Å². The lowest BCUT2D eigenvalue weighted by molar-refractivity contribution is -0.140. The zero-order valence-corrected chi connectivity index (χ0v) is 27.8. The Kier molecular flexibility index (Phi) is 12.0. The van der Waals surface area contributed by atoms with Gasteiger partial charge >= 0.3 is 0 Å². The second kappa shape index (κ2) is 15.9. The van der Waals surface area contributed by atoms with Gasteiger partial charge in [-0.25, -0.2) is 12.8 Å². The Bertz CT molecular complexity index is 1750. The van der Waals surface area contributed by atoms with Crippen molar-refractivity contribution < 1.29 is 22.4 Å². The third kappa shape index (κ3) is 8.73. The van der Waals surface area contributed by atoms with Gasteiger partial charge in [0.25, 0.3) is 10.0 Å². The molecule has 46 heavy (non-hydrogen) atoms. The molecule has 4 rings (SSSR count). The van der Waals surface area contributed by atoms with Crippen LogP contribution in [-0.4, -0.2) is 44.3 Å². The second-order valence-electron chi connectivity index (χ2n) is 11.2. The number of halogens is 2. The summed E-state index contributed by atoms with van der Waals surface area (Å²) in [6.07, 6.45) is 1.73. The fourth-order valence-electron chi connectivity index (χ4n) is 4.97. The number of hydrogen-bond acceptors (Lipinski definition) is 4. The number of nitrogens with one attached hydrogen (secondary N) is 1. The lowest BCUT2D eigenvalue weighted by Gasteiger charge is -2.34. The first-order chi connectivity index (χ1) is 22.0. The van der Waals surface area contributed by atoms with E-state index in [4.69, 9.17) is 11.6 Å². The Morgan fingerprint density at radius 2 is 1.59 bits per heavy atom. The van der Waals surface area contributed by atoms with Gasteiger partial charge in [-0.1, -0.05) is 97.2 Å². The Hall–Kier alpha value is -4.21. The predicted molar refractivity (Wildman–Crippen MR) is 181 cm³/mol. The first-order valence-corrected chi connectivity index (χ1v) is 17.0. The Balaban J connectivity index is 1.81. The highest BCUT2D eigenvalue weighted by molar-refractivity contribution is 7.92. The third-order valence-corrected chi connectivity index (χ3v) is 9.93. The third-order valence-electron chi connectivity index (χ3n) is 7.73. The van der Waals surface area contributed by atoms with E-state index in [0.29, 0.717) is 11.6 Å². The molecule has 0 saturated heterocycles. The van der Waals surface area contributed by atoms with Gasteiger partial charge < -0.3 is 10.2 Å². The molecule has 1 atom stereocenters.